The summed E-state index contributed by atoms with van der Waals surface area (Å²) in [5, 5.41) is 8.84. The van der Waals surface area contributed by atoms with Crippen molar-refractivity contribution in [3.63, 3.8) is 0 Å². The van der Waals surface area contributed by atoms with Gasteiger partial charge in [-0.15, -0.1) is 0 Å². The summed E-state index contributed by atoms with van der Waals surface area (Å²) in [6.45, 7) is 3.59. The molecule has 4 nitrogen and oxygen atoms in total. The van der Waals surface area contributed by atoms with E-state index in [2.05, 4.69) is 4.90 Å². The van der Waals surface area contributed by atoms with Crippen LogP contribution in [0.2, 0.25) is 0 Å². The van der Waals surface area contributed by atoms with Crippen LogP contribution in [-0.2, 0) is 0 Å². The highest BCUT2D eigenvalue weighted by Crippen LogP contribution is 2.28. The van der Waals surface area contributed by atoms with E-state index in [0.717, 1.165) is 19.2 Å². The first-order valence-corrected chi connectivity index (χ1v) is 6.19. The lowest BCUT2D eigenvalue weighted by Gasteiger charge is -2.38. The SMILES string of the molecule is NC1=CC(F)=C(N2CCN(CCO)CC2)CC1F. The van der Waals surface area contributed by atoms with Crippen LogP contribution in [-0.4, -0.2) is 60.4 Å². The van der Waals surface area contributed by atoms with E-state index in [-0.39, 0.29) is 18.7 Å². The minimum Gasteiger partial charge on any atom is -0.400 e. The molecule has 6 heteroatoms. The van der Waals surface area contributed by atoms with Gasteiger partial charge in [-0.05, 0) is 6.08 Å². The van der Waals surface area contributed by atoms with Gasteiger partial charge in [-0.3, -0.25) is 4.90 Å². The van der Waals surface area contributed by atoms with Crippen LogP contribution in [0, 0.1) is 0 Å². The van der Waals surface area contributed by atoms with E-state index in [9.17, 15) is 8.78 Å². The highest BCUT2D eigenvalue weighted by Gasteiger charge is 2.27. The van der Waals surface area contributed by atoms with Crippen LogP contribution in [0.15, 0.2) is 23.3 Å². The number of rotatable bonds is 3. The maximum Gasteiger partial charge on any atom is 0.145 e. The summed E-state index contributed by atoms with van der Waals surface area (Å²) in [4.78, 5) is 3.98. The molecule has 0 saturated carbocycles. The Kier molecular flexibility index (Phi) is 4.19. The molecular formula is C12H19F2N3O. The van der Waals surface area contributed by atoms with Crippen LogP contribution < -0.4 is 5.73 Å². The Labute approximate surface area is 105 Å². The summed E-state index contributed by atoms with van der Waals surface area (Å²) in [7, 11) is 0. The van der Waals surface area contributed by atoms with Crippen molar-refractivity contribution in [2.75, 3.05) is 39.3 Å². The highest BCUT2D eigenvalue weighted by atomic mass is 19.1. The predicted octanol–water partition coefficient (Wildman–Crippen LogP) is 0.362. The van der Waals surface area contributed by atoms with Crippen LogP contribution in [0.3, 0.4) is 0 Å². The molecule has 1 saturated heterocycles. The molecule has 0 aromatic carbocycles. The second-order valence-corrected chi connectivity index (χ2v) is 4.66. The third kappa shape index (κ3) is 2.81. The number of nitrogens with two attached hydrogens (primary N) is 1. The molecule has 0 amide bonds. The van der Waals surface area contributed by atoms with E-state index < -0.39 is 12.0 Å². The first-order chi connectivity index (χ1) is 8.61. The van der Waals surface area contributed by atoms with Crippen molar-refractivity contribution >= 4 is 0 Å². The number of aliphatic hydroxyl groups excluding tert-OH is 1. The molecule has 3 N–H and O–H groups in total. The fourth-order valence-electron chi connectivity index (χ4n) is 2.37. The Morgan fingerprint density at radius 1 is 1.33 bits per heavy atom. The summed E-state index contributed by atoms with van der Waals surface area (Å²) in [5.41, 5.74) is 5.76. The Balaban J connectivity index is 1.99. The highest BCUT2D eigenvalue weighted by molar-refractivity contribution is 5.30. The third-order valence-electron chi connectivity index (χ3n) is 3.47. The van der Waals surface area contributed by atoms with Crippen molar-refractivity contribution in [2.24, 2.45) is 5.73 Å². The van der Waals surface area contributed by atoms with E-state index in [1.807, 2.05) is 4.90 Å². The topological polar surface area (TPSA) is 52.7 Å². The molecular weight excluding hydrogens is 240 g/mol. The van der Waals surface area contributed by atoms with E-state index in [1.54, 1.807) is 0 Å². The normalized spacial score (nSPS) is 26.5. The first kappa shape index (κ1) is 13.3. The molecule has 1 fully saturated rings. The standard InChI is InChI=1S/C12H19F2N3O/c13-9-8-12(10(14)7-11(9)15)17-3-1-16(2-4-17)5-6-18/h7,9,18H,1-6,8,15H2. The van der Waals surface area contributed by atoms with Crippen molar-refractivity contribution < 1.29 is 13.9 Å². The fourth-order valence-corrected chi connectivity index (χ4v) is 2.37. The molecule has 2 rings (SSSR count). The second kappa shape index (κ2) is 5.67. The molecule has 0 spiro atoms. The lowest BCUT2D eigenvalue weighted by molar-refractivity contribution is 0.125. The predicted molar refractivity (Wildman–Crippen MR) is 65.0 cm³/mol. The zero-order valence-corrected chi connectivity index (χ0v) is 10.3. The molecule has 1 heterocycles. The number of piperazine rings is 1. The molecule has 1 aliphatic heterocycles. The molecule has 0 aromatic heterocycles. The number of aliphatic hydroxyl groups is 1. The summed E-state index contributed by atoms with van der Waals surface area (Å²) in [6.07, 6.45) is -0.174. The summed E-state index contributed by atoms with van der Waals surface area (Å²) >= 11 is 0. The van der Waals surface area contributed by atoms with Crippen LogP contribution in [0.25, 0.3) is 0 Å². The van der Waals surface area contributed by atoms with E-state index in [0.29, 0.717) is 25.3 Å². The molecule has 1 atom stereocenters. The average Bonchev–Trinajstić information content (AvgIpc) is 2.35. The smallest absolute Gasteiger partial charge is 0.145 e. The lowest BCUT2D eigenvalue weighted by atomic mass is 10.0. The molecule has 102 valence electrons. The number of alkyl halides is 1. The monoisotopic (exact) mass is 259 g/mol. The van der Waals surface area contributed by atoms with E-state index in [4.69, 9.17) is 10.8 Å². The van der Waals surface area contributed by atoms with Crippen molar-refractivity contribution in [1.82, 2.24) is 9.80 Å². The van der Waals surface area contributed by atoms with Gasteiger partial charge < -0.3 is 15.7 Å². The summed E-state index contributed by atoms with van der Waals surface area (Å²) < 4.78 is 27.3. The maximum atomic E-state index is 13.8. The number of β-amino-alcohol motifs (C(OH)–C–C–N with tert-alkyl or cyclic N) is 1. The van der Waals surface area contributed by atoms with Crippen LogP contribution in [0.4, 0.5) is 8.78 Å². The molecule has 2 aliphatic rings. The number of hydrogen-bond acceptors (Lipinski definition) is 4. The quantitative estimate of drug-likeness (QED) is 0.768. The minimum absolute atomic E-state index is 0.0220. The van der Waals surface area contributed by atoms with Crippen molar-refractivity contribution in [1.29, 1.82) is 0 Å². The molecule has 1 aliphatic carbocycles. The van der Waals surface area contributed by atoms with Gasteiger partial charge in [0.25, 0.3) is 0 Å². The number of halogens is 2. The first-order valence-electron chi connectivity index (χ1n) is 6.19. The van der Waals surface area contributed by atoms with Gasteiger partial charge >= 0.3 is 0 Å². The van der Waals surface area contributed by atoms with Gasteiger partial charge in [0.2, 0.25) is 0 Å². The number of hydrogen-bond donors (Lipinski definition) is 2. The van der Waals surface area contributed by atoms with Gasteiger partial charge in [0.15, 0.2) is 0 Å². The Hall–Kier alpha value is -1.14. The average molecular weight is 259 g/mol. The number of nitrogens with zero attached hydrogens (tertiary/aromatic N) is 2. The number of allylic oxidation sites excluding steroid dienone is 4. The van der Waals surface area contributed by atoms with E-state index >= 15 is 0 Å². The zero-order valence-electron chi connectivity index (χ0n) is 10.3. The molecule has 18 heavy (non-hydrogen) atoms. The maximum absolute atomic E-state index is 13.8. The van der Waals surface area contributed by atoms with Crippen LogP contribution >= 0.6 is 0 Å². The fraction of sp³-hybridized carbons (Fsp3) is 0.667. The second-order valence-electron chi connectivity index (χ2n) is 4.66. The lowest BCUT2D eigenvalue weighted by Crippen LogP contribution is -2.47. The van der Waals surface area contributed by atoms with Gasteiger partial charge in [0.1, 0.15) is 12.0 Å². The largest absolute Gasteiger partial charge is 0.400 e. The van der Waals surface area contributed by atoms with Gasteiger partial charge in [-0.25, -0.2) is 8.78 Å². The van der Waals surface area contributed by atoms with Crippen molar-refractivity contribution in [2.45, 2.75) is 12.6 Å². The van der Waals surface area contributed by atoms with Gasteiger partial charge in [-0.1, -0.05) is 0 Å². The molecule has 0 aromatic rings. The minimum atomic E-state index is -1.28. The van der Waals surface area contributed by atoms with E-state index in [1.165, 1.54) is 0 Å². The van der Waals surface area contributed by atoms with Crippen LogP contribution in [0.5, 0.6) is 0 Å². The third-order valence-corrected chi connectivity index (χ3v) is 3.47. The van der Waals surface area contributed by atoms with Crippen molar-refractivity contribution in [3.05, 3.63) is 23.3 Å². The zero-order chi connectivity index (χ0) is 13.1. The van der Waals surface area contributed by atoms with Crippen molar-refractivity contribution in [3.8, 4) is 0 Å². The Morgan fingerprint density at radius 3 is 2.61 bits per heavy atom. The van der Waals surface area contributed by atoms with Gasteiger partial charge in [-0.2, -0.15) is 0 Å². The van der Waals surface area contributed by atoms with Crippen LogP contribution in [0.1, 0.15) is 6.42 Å². The van der Waals surface area contributed by atoms with Gasteiger partial charge in [0.05, 0.1) is 12.3 Å². The molecule has 0 bridgehead atoms. The van der Waals surface area contributed by atoms with Gasteiger partial charge in [0, 0.05) is 44.8 Å². The summed E-state index contributed by atoms with van der Waals surface area (Å²) in [6, 6.07) is 0. The molecule has 1 unspecified atom stereocenters. The molecule has 0 radical (unpaired) electrons. The Bertz CT molecular complexity index is 362. The Morgan fingerprint density at radius 2 is 2.00 bits per heavy atom. The summed E-state index contributed by atoms with van der Waals surface area (Å²) in [5.74, 6) is -0.419.